The molecule has 6 heteroatoms. The Kier molecular flexibility index (Phi) is 6.90. The number of carboxylic acid groups (broad SMARTS) is 1. The molecule has 0 amide bonds. The number of aromatic carboxylic acids is 1. The second kappa shape index (κ2) is 9.69. The highest BCUT2D eigenvalue weighted by Crippen LogP contribution is 2.45. The van der Waals surface area contributed by atoms with Crippen molar-refractivity contribution < 1.29 is 9.90 Å². The van der Waals surface area contributed by atoms with Gasteiger partial charge in [-0.3, -0.25) is 0 Å². The number of hydrogen-bond donors (Lipinski definition) is 1. The molecule has 4 nitrogen and oxygen atoms in total. The Morgan fingerprint density at radius 3 is 2.67 bits per heavy atom. The van der Waals surface area contributed by atoms with E-state index < -0.39 is 5.97 Å². The van der Waals surface area contributed by atoms with Crippen molar-refractivity contribution in [3.8, 4) is 11.1 Å². The van der Waals surface area contributed by atoms with E-state index in [-0.39, 0.29) is 5.56 Å². The van der Waals surface area contributed by atoms with E-state index in [9.17, 15) is 9.90 Å². The van der Waals surface area contributed by atoms with Crippen LogP contribution in [-0.2, 0) is 0 Å². The molecule has 1 aliphatic heterocycles. The molecular formula is C27H27ClN2O2S. The molecular weight excluding hydrogens is 452 g/mol. The minimum atomic E-state index is -0.953. The van der Waals surface area contributed by atoms with Gasteiger partial charge in [0.1, 0.15) is 0 Å². The van der Waals surface area contributed by atoms with Crippen molar-refractivity contribution in [3.63, 3.8) is 0 Å². The minimum absolute atomic E-state index is 0.242. The Morgan fingerprint density at radius 1 is 1.21 bits per heavy atom. The minimum Gasteiger partial charge on any atom is -0.478 e. The van der Waals surface area contributed by atoms with Gasteiger partial charge in [-0.15, -0.1) is 0 Å². The highest BCUT2D eigenvalue weighted by Gasteiger charge is 2.29. The molecule has 1 aliphatic rings. The summed E-state index contributed by atoms with van der Waals surface area (Å²) in [5.74, 6) is -0.390. The average Bonchev–Trinajstić information content (AvgIpc) is 2.90. The van der Waals surface area contributed by atoms with Crippen molar-refractivity contribution in [1.82, 2.24) is 4.31 Å². The zero-order chi connectivity index (χ0) is 23.7. The number of halogens is 1. The zero-order valence-electron chi connectivity index (χ0n) is 19.2. The smallest absolute Gasteiger partial charge is 0.335 e. The van der Waals surface area contributed by atoms with Crippen LogP contribution in [0.2, 0.25) is 5.02 Å². The van der Waals surface area contributed by atoms with Crippen molar-refractivity contribution in [2.24, 2.45) is 5.92 Å². The van der Waals surface area contributed by atoms with Gasteiger partial charge < -0.3 is 10.0 Å². The Balaban J connectivity index is 1.84. The fraction of sp³-hybridized carbons (Fsp3) is 0.296. The summed E-state index contributed by atoms with van der Waals surface area (Å²) in [6.45, 7) is 7.32. The molecule has 1 unspecified atom stereocenters. The summed E-state index contributed by atoms with van der Waals surface area (Å²) in [5, 5.41) is 10.00. The fourth-order valence-electron chi connectivity index (χ4n) is 4.12. The second-order valence-electron chi connectivity index (χ2n) is 8.87. The van der Waals surface area contributed by atoms with Crippen LogP contribution in [0, 0.1) is 25.0 Å². The van der Waals surface area contributed by atoms with E-state index in [4.69, 9.17) is 11.6 Å². The number of benzene rings is 2. The zero-order valence-corrected chi connectivity index (χ0v) is 20.8. The summed E-state index contributed by atoms with van der Waals surface area (Å²) in [6.07, 6.45) is 1.06. The van der Waals surface area contributed by atoms with E-state index in [1.807, 2.05) is 19.1 Å². The summed E-state index contributed by atoms with van der Waals surface area (Å²) in [6, 6.07) is 22.0. The molecule has 3 aromatic carbocycles. The molecule has 1 atom stereocenters. The highest BCUT2D eigenvalue weighted by molar-refractivity contribution is 7.97. The molecule has 4 rings (SSSR count). The third-order valence-corrected chi connectivity index (χ3v) is 7.25. The Labute approximate surface area is 205 Å². The third kappa shape index (κ3) is 5.14. The van der Waals surface area contributed by atoms with Crippen LogP contribution in [0.1, 0.15) is 36.2 Å². The first-order chi connectivity index (χ1) is 15.7. The van der Waals surface area contributed by atoms with Crippen molar-refractivity contribution in [2.45, 2.75) is 38.1 Å². The van der Waals surface area contributed by atoms with Crippen LogP contribution < -0.4 is 4.90 Å². The maximum absolute atomic E-state index is 11.5. The summed E-state index contributed by atoms with van der Waals surface area (Å²) in [4.78, 5) is 14.8. The molecule has 0 bridgehead atoms. The molecule has 0 fully saturated rings. The number of carbonyl (C=O) groups is 1. The molecule has 3 aromatic rings. The van der Waals surface area contributed by atoms with E-state index in [1.54, 1.807) is 30.1 Å². The van der Waals surface area contributed by atoms with Crippen LogP contribution in [0.3, 0.4) is 0 Å². The standard InChI is InChI=1S/C27H27ClN2O2S/c1-17(2)12-22-16-30(21-10-8-18(3)9-11-21)25-15-24(28)23(14-26(25)33-29(22)4)19-6-5-7-20(13-19)27(31)32/h5-8,10,13-15,17,22H,12,16H2,1-4H3,(H,31,32). The number of nitrogens with zero attached hydrogens (tertiary/aromatic N) is 2. The highest BCUT2D eigenvalue weighted by atomic mass is 35.5. The van der Waals surface area contributed by atoms with Crippen LogP contribution in [-0.4, -0.2) is 35.0 Å². The molecule has 0 saturated heterocycles. The Bertz CT molecular complexity index is 1160. The number of rotatable bonds is 5. The quantitative estimate of drug-likeness (QED) is 0.395. The predicted octanol–water partition coefficient (Wildman–Crippen LogP) is 7.12. The number of fused-ring (bicyclic) bond motifs is 1. The maximum atomic E-state index is 11.5. The Hall–Kier alpha value is -2.65. The largest absolute Gasteiger partial charge is 0.478 e. The fourth-order valence-corrected chi connectivity index (χ4v) is 5.44. The number of hydrogen-bond acceptors (Lipinski definition) is 4. The molecule has 33 heavy (non-hydrogen) atoms. The number of anilines is 2. The molecule has 170 valence electrons. The van der Waals surface area contributed by atoms with E-state index in [1.165, 1.54) is 0 Å². The van der Waals surface area contributed by atoms with E-state index in [0.29, 0.717) is 17.0 Å². The number of likely N-dealkylation sites (N-methyl/N-ethyl adjacent to an activating group) is 1. The van der Waals surface area contributed by atoms with Gasteiger partial charge in [0, 0.05) is 23.0 Å². The molecule has 0 aliphatic carbocycles. The molecule has 0 saturated carbocycles. The van der Waals surface area contributed by atoms with Crippen LogP contribution in [0.4, 0.5) is 11.4 Å². The second-order valence-corrected chi connectivity index (χ2v) is 10.5. The van der Waals surface area contributed by atoms with Gasteiger partial charge in [-0.2, -0.15) is 0 Å². The van der Waals surface area contributed by atoms with E-state index in [2.05, 4.69) is 60.4 Å². The van der Waals surface area contributed by atoms with E-state index >= 15 is 0 Å². The molecule has 1 N–H and O–H groups in total. The van der Waals surface area contributed by atoms with Crippen molar-refractivity contribution in [2.75, 3.05) is 18.5 Å². The van der Waals surface area contributed by atoms with Gasteiger partial charge in [0.25, 0.3) is 0 Å². The first-order valence-corrected chi connectivity index (χ1v) is 12.1. The number of aryl methyl sites for hydroxylation is 1. The topological polar surface area (TPSA) is 43.8 Å². The maximum Gasteiger partial charge on any atom is 0.335 e. The van der Waals surface area contributed by atoms with Gasteiger partial charge in [0.15, 0.2) is 0 Å². The lowest BCUT2D eigenvalue weighted by Crippen LogP contribution is -2.36. The molecule has 1 heterocycles. The van der Waals surface area contributed by atoms with Crippen molar-refractivity contribution in [1.29, 1.82) is 0 Å². The normalized spacial score (nSPS) is 16.3. The third-order valence-electron chi connectivity index (χ3n) is 5.82. The molecule has 0 aromatic heterocycles. The van der Waals surface area contributed by atoms with E-state index in [0.717, 1.165) is 45.9 Å². The monoisotopic (exact) mass is 478 g/mol. The SMILES string of the molecule is Cc1c#cc(N2CC(CC(C)C)N(C)Sc3cc(-c4cccc(C(=O)O)c4)c(Cl)cc32)cc1. The average molecular weight is 479 g/mol. The van der Waals surface area contributed by atoms with Gasteiger partial charge in [-0.05, 0) is 91.8 Å². The van der Waals surface area contributed by atoms with Gasteiger partial charge in [-0.1, -0.05) is 43.6 Å². The molecule has 0 spiro atoms. The lowest BCUT2D eigenvalue weighted by Gasteiger charge is -2.30. The van der Waals surface area contributed by atoms with Crippen molar-refractivity contribution >= 4 is 40.9 Å². The van der Waals surface area contributed by atoms with Crippen LogP contribution in [0.15, 0.2) is 53.4 Å². The number of carboxylic acids is 1. The predicted molar refractivity (Wildman–Crippen MR) is 137 cm³/mol. The molecule has 0 radical (unpaired) electrons. The van der Waals surface area contributed by atoms with Gasteiger partial charge >= 0.3 is 5.97 Å². The lowest BCUT2D eigenvalue weighted by atomic mass is 10.0. The summed E-state index contributed by atoms with van der Waals surface area (Å²) >= 11 is 8.51. The van der Waals surface area contributed by atoms with Gasteiger partial charge in [0.2, 0.25) is 0 Å². The first-order valence-electron chi connectivity index (χ1n) is 11.0. The Morgan fingerprint density at radius 2 is 2.00 bits per heavy atom. The van der Waals surface area contributed by atoms with Crippen LogP contribution in [0.5, 0.6) is 0 Å². The van der Waals surface area contributed by atoms with Gasteiger partial charge in [-0.25, -0.2) is 9.10 Å². The van der Waals surface area contributed by atoms with Crippen LogP contribution in [0.25, 0.3) is 11.1 Å². The summed E-state index contributed by atoms with van der Waals surface area (Å²) in [7, 11) is 2.13. The van der Waals surface area contributed by atoms with Crippen LogP contribution >= 0.6 is 23.5 Å². The van der Waals surface area contributed by atoms with Crippen molar-refractivity contribution in [3.05, 3.63) is 76.8 Å². The van der Waals surface area contributed by atoms with Gasteiger partial charge in [0.05, 0.1) is 22.0 Å². The first kappa shape index (κ1) is 23.5. The lowest BCUT2D eigenvalue weighted by molar-refractivity contribution is 0.0697. The summed E-state index contributed by atoms with van der Waals surface area (Å²) < 4.78 is 2.32. The summed E-state index contributed by atoms with van der Waals surface area (Å²) in [5.41, 5.74) is 4.88.